The molecular formula is C12H12N2O. The Morgan fingerprint density at radius 1 is 1.47 bits per heavy atom. The highest BCUT2D eigenvalue weighted by Crippen LogP contribution is 2.09. The maximum atomic E-state index is 10.8. The van der Waals surface area contributed by atoms with E-state index in [2.05, 4.69) is 6.92 Å². The van der Waals surface area contributed by atoms with Crippen LogP contribution in [0.3, 0.4) is 0 Å². The van der Waals surface area contributed by atoms with Crippen LogP contribution in [0.2, 0.25) is 0 Å². The van der Waals surface area contributed by atoms with Crippen molar-refractivity contribution in [2.75, 3.05) is 0 Å². The second-order valence-electron chi connectivity index (χ2n) is 3.13. The van der Waals surface area contributed by atoms with E-state index in [9.17, 15) is 4.79 Å². The van der Waals surface area contributed by atoms with Crippen LogP contribution in [-0.4, -0.2) is 5.91 Å². The fourth-order valence-electron chi connectivity index (χ4n) is 1.17. The number of rotatable bonds is 3. The zero-order valence-electron chi connectivity index (χ0n) is 8.53. The first-order valence-electron chi connectivity index (χ1n) is 4.68. The maximum Gasteiger partial charge on any atom is 0.259 e. The Bertz CT molecular complexity index is 424. The average Bonchev–Trinajstić information content (AvgIpc) is 2.26. The van der Waals surface area contributed by atoms with Gasteiger partial charge in [-0.05, 0) is 23.6 Å². The van der Waals surface area contributed by atoms with Crippen molar-refractivity contribution in [3.8, 4) is 6.07 Å². The van der Waals surface area contributed by atoms with Crippen molar-refractivity contribution in [2.45, 2.75) is 13.3 Å². The third kappa shape index (κ3) is 2.96. The van der Waals surface area contributed by atoms with Crippen molar-refractivity contribution in [1.82, 2.24) is 0 Å². The SMILES string of the molecule is CCc1ccc(/C=C(/C#N)C(N)=O)cc1. The Morgan fingerprint density at radius 3 is 2.47 bits per heavy atom. The maximum absolute atomic E-state index is 10.8. The zero-order chi connectivity index (χ0) is 11.3. The summed E-state index contributed by atoms with van der Waals surface area (Å²) in [4.78, 5) is 10.8. The van der Waals surface area contributed by atoms with Crippen molar-refractivity contribution in [1.29, 1.82) is 5.26 Å². The molecule has 3 heteroatoms. The van der Waals surface area contributed by atoms with Crippen LogP contribution in [0.4, 0.5) is 0 Å². The lowest BCUT2D eigenvalue weighted by molar-refractivity contribution is -0.114. The normalized spacial score (nSPS) is 10.8. The van der Waals surface area contributed by atoms with Crippen molar-refractivity contribution >= 4 is 12.0 Å². The first-order chi connectivity index (χ1) is 7.17. The summed E-state index contributed by atoms with van der Waals surface area (Å²) >= 11 is 0. The average molecular weight is 200 g/mol. The summed E-state index contributed by atoms with van der Waals surface area (Å²) in [6, 6.07) is 9.41. The molecule has 0 fully saturated rings. The van der Waals surface area contributed by atoms with Crippen LogP contribution in [0.15, 0.2) is 29.8 Å². The number of hydrogen-bond acceptors (Lipinski definition) is 2. The largest absolute Gasteiger partial charge is 0.365 e. The van der Waals surface area contributed by atoms with Crippen molar-refractivity contribution in [3.05, 3.63) is 41.0 Å². The van der Waals surface area contributed by atoms with Crippen LogP contribution in [0.5, 0.6) is 0 Å². The standard InChI is InChI=1S/C12H12N2O/c1-2-9-3-5-10(6-4-9)7-11(8-13)12(14)15/h3-7H,2H2,1H3,(H2,14,15)/b11-7-. The van der Waals surface area contributed by atoms with E-state index in [0.29, 0.717) is 0 Å². The summed E-state index contributed by atoms with van der Waals surface area (Å²) < 4.78 is 0. The highest BCUT2D eigenvalue weighted by atomic mass is 16.1. The van der Waals surface area contributed by atoms with Gasteiger partial charge in [-0.2, -0.15) is 5.26 Å². The van der Waals surface area contributed by atoms with Crippen LogP contribution in [0.1, 0.15) is 18.1 Å². The number of nitriles is 1. The van der Waals surface area contributed by atoms with Gasteiger partial charge in [-0.3, -0.25) is 4.79 Å². The Hall–Kier alpha value is -2.08. The molecular weight excluding hydrogens is 188 g/mol. The molecule has 76 valence electrons. The molecule has 0 aromatic heterocycles. The topological polar surface area (TPSA) is 66.9 Å². The van der Waals surface area contributed by atoms with Gasteiger partial charge >= 0.3 is 0 Å². The molecule has 0 bridgehead atoms. The first kappa shape index (κ1) is 11.0. The number of nitrogens with zero attached hydrogens (tertiary/aromatic N) is 1. The van der Waals surface area contributed by atoms with E-state index in [0.717, 1.165) is 12.0 Å². The Balaban J connectivity index is 2.98. The summed E-state index contributed by atoms with van der Waals surface area (Å²) in [5.74, 6) is -0.697. The van der Waals surface area contributed by atoms with Gasteiger partial charge in [-0.25, -0.2) is 0 Å². The van der Waals surface area contributed by atoms with Gasteiger partial charge in [-0.15, -0.1) is 0 Å². The van der Waals surface area contributed by atoms with Gasteiger partial charge < -0.3 is 5.73 Å². The van der Waals surface area contributed by atoms with Gasteiger partial charge in [0.1, 0.15) is 11.6 Å². The lowest BCUT2D eigenvalue weighted by Gasteiger charge is -1.97. The molecule has 0 aliphatic heterocycles. The Kier molecular flexibility index (Phi) is 3.64. The summed E-state index contributed by atoms with van der Waals surface area (Å²) in [6.07, 6.45) is 2.45. The smallest absolute Gasteiger partial charge is 0.259 e. The quantitative estimate of drug-likeness (QED) is 0.595. The lowest BCUT2D eigenvalue weighted by Crippen LogP contribution is -2.12. The molecule has 1 rings (SSSR count). The molecule has 0 aliphatic carbocycles. The van der Waals surface area contributed by atoms with Crippen LogP contribution < -0.4 is 5.73 Å². The molecule has 0 spiro atoms. The van der Waals surface area contributed by atoms with Gasteiger partial charge in [0.05, 0.1) is 0 Å². The third-order valence-corrected chi connectivity index (χ3v) is 2.08. The van der Waals surface area contributed by atoms with Gasteiger partial charge in [-0.1, -0.05) is 31.2 Å². The minimum atomic E-state index is -0.697. The first-order valence-corrected chi connectivity index (χ1v) is 4.68. The second-order valence-corrected chi connectivity index (χ2v) is 3.13. The number of benzene rings is 1. The summed E-state index contributed by atoms with van der Waals surface area (Å²) in [6.45, 7) is 2.06. The van der Waals surface area contributed by atoms with E-state index in [1.165, 1.54) is 11.6 Å². The molecule has 0 radical (unpaired) electrons. The predicted molar refractivity (Wildman–Crippen MR) is 58.6 cm³/mol. The molecule has 0 atom stereocenters. The molecule has 3 nitrogen and oxygen atoms in total. The van der Waals surface area contributed by atoms with E-state index < -0.39 is 5.91 Å². The number of carbonyl (C=O) groups is 1. The molecule has 0 aliphatic rings. The van der Waals surface area contributed by atoms with Crippen LogP contribution in [0, 0.1) is 11.3 Å². The number of primary amides is 1. The molecule has 15 heavy (non-hydrogen) atoms. The van der Waals surface area contributed by atoms with E-state index in [-0.39, 0.29) is 5.57 Å². The number of amides is 1. The van der Waals surface area contributed by atoms with Crippen molar-refractivity contribution in [3.63, 3.8) is 0 Å². The number of hydrogen-bond donors (Lipinski definition) is 1. The molecule has 0 saturated heterocycles. The van der Waals surface area contributed by atoms with Crippen molar-refractivity contribution < 1.29 is 4.79 Å². The minimum Gasteiger partial charge on any atom is -0.365 e. The van der Waals surface area contributed by atoms with E-state index >= 15 is 0 Å². The Labute approximate surface area is 88.8 Å². The summed E-state index contributed by atoms with van der Waals surface area (Å²) in [5, 5.41) is 8.64. The van der Waals surface area contributed by atoms with Gasteiger partial charge in [0.25, 0.3) is 5.91 Å². The van der Waals surface area contributed by atoms with E-state index in [4.69, 9.17) is 11.0 Å². The van der Waals surface area contributed by atoms with Crippen LogP contribution in [-0.2, 0) is 11.2 Å². The van der Waals surface area contributed by atoms with Gasteiger partial charge in [0.2, 0.25) is 0 Å². The number of aryl methyl sites for hydroxylation is 1. The summed E-state index contributed by atoms with van der Waals surface area (Å²) in [7, 11) is 0. The number of nitrogens with two attached hydrogens (primary N) is 1. The third-order valence-electron chi connectivity index (χ3n) is 2.08. The molecule has 0 heterocycles. The molecule has 2 N–H and O–H groups in total. The second kappa shape index (κ2) is 4.97. The van der Waals surface area contributed by atoms with E-state index in [1.54, 1.807) is 6.07 Å². The number of carbonyl (C=O) groups excluding carboxylic acids is 1. The fourth-order valence-corrected chi connectivity index (χ4v) is 1.17. The monoisotopic (exact) mass is 200 g/mol. The minimum absolute atomic E-state index is 0.0285. The van der Waals surface area contributed by atoms with Gasteiger partial charge in [0, 0.05) is 0 Å². The predicted octanol–water partition coefficient (Wildman–Crippen LogP) is 1.64. The van der Waals surface area contributed by atoms with Crippen LogP contribution >= 0.6 is 0 Å². The van der Waals surface area contributed by atoms with E-state index in [1.807, 2.05) is 24.3 Å². The highest BCUT2D eigenvalue weighted by Gasteiger charge is 2.02. The zero-order valence-corrected chi connectivity index (χ0v) is 8.53. The van der Waals surface area contributed by atoms with Gasteiger partial charge in [0.15, 0.2) is 0 Å². The molecule has 1 amide bonds. The molecule has 1 aromatic carbocycles. The Morgan fingerprint density at radius 2 is 2.07 bits per heavy atom. The summed E-state index contributed by atoms with van der Waals surface area (Å²) in [5.41, 5.74) is 7.01. The lowest BCUT2D eigenvalue weighted by atomic mass is 10.1. The van der Waals surface area contributed by atoms with Crippen LogP contribution in [0.25, 0.3) is 6.08 Å². The molecule has 1 aromatic rings. The molecule has 0 saturated carbocycles. The molecule has 0 unspecified atom stereocenters. The van der Waals surface area contributed by atoms with Crippen molar-refractivity contribution in [2.24, 2.45) is 5.73 Å². The highest BCUT2D eigenvalue weighted by molar-refractivity contribution is 6.00. The fraction of sp³-hybridized carbons (Fsp3) is 0.167.